The van der Waals surface area contributed by atoms with E-state index in [4.69, 9.17) is 0 Å². The van der Waals surface area contributed by atoms with Crippen LogP contribution < -0.4 is 0 Å². The fourth-order valence-electron chi connectivity index (χ4n) is 2.55. The fraction of sp³-hybridized carbons (Fsp3) is 0.200. The monoisotopic (exact) mass is 318 g/mol. The number of Topliss-reactive ketones (excluding diaryl/α,β-unsaturated/α-hetero) is 2. The van der Waals surface area contributed by atoms with Gasteiger partial charge in [-0.05, 0) is 43.2 Å². The van der Waals surface area contributed by atoms with Gasteiger partial charge >= 0.3 is 0 Å². The predicted octanol–water partition coefficient (Wildman–Crippen LogP) is 3.87. The van der Waals surface area contributed by atoms with E-state index in [0.717, 1.165) is 27.7 Å². The van der Waals surface area contributed by atoms with Crippen molar-refractivity contribution in [2.75, 3.05) is 0 Å². The van der Waals surface area contributed by atoms with Crippen molar-refractivity contribution in [3.8, 4) is 0 Å². The molecule has 3 rings (SSSR count). The Hall–Kier alpha value is -2.88. The lowest BCUT2D eigenvalue weighted by Crippen LogP contribution is -2.05. The summed E-state index contributed by atoms with van der Waals surface area (Å²) in [4.78, 5) is 32.6. The topological polar surface area (TPSA) is 59.9 Å². The highest BCUT2D eigenvalue weighted by Crippen LogP contribution is 2.17. The van der Waals surface area contributed by atoms with Gasteiger partial charge in [0.1, 0.15) is 5.69 Å². The molecule has 0 saturated carbocycles. The Kier molecular flexibility index (Phi) is 4.21. The number of carbonyl (C=O) groups excluding carboxylic acids is 2. The van der Waals surface area contributed by atoms with Gasteiger partial charge in [0.15, 0.2) is 11.6 Å². The normalized spacial score (nSPS) is 10.8. The van der Waals surface area contributed by atoms with Crippen LogP contribution in [-0.4, -0.2) is 21.5 Å². The second-order valence-electron chi connectivity index (χ2n) is 6.01. The Balaban J connectivity index is 1.90. The van der Waals surface area contributed by atoms with E-state index in [-0.39, 0.29) is 18.0 Å². The van der Waals surface area contributed by atoms with Crippen LogP contribution in [-0.2, 0) is 6.42 Å². The summed E-state index contributed by atoms with van der Waals surface area (Å²) in [7, 11) is 0. The van der Waals surface area contributed by atoms with Crippen LogP contribution in [0.3, 0.4) is 0 Å². The van der Waals surface area contributed by atoms with Crippen molar-refractivity contribution in [1.82, 2.24) is 9.97 Å². The Bertz CT molecular complexity index is 961. The maximum atomic E-state index is 12.5. The lowest BCUT2D eigenvalue weighted by molar-refractivity contribution is 0.0989. The van der Waals surface area contributed by atoms with Crippen LogP contribution in [0.5, 0.6) is 0 Å². The van der Waals surface area contributed by atoms with Crippen molar-refractivity contribution in [2.45, 2.75) is 27.2 Å². The highest BCUT2D eigenvalue weighted by molar-refractivity contribution is 5.98. The summed E-state index contributed by atoms with van der Waals surface area (Å²) in [6.45, 7) is 5.36. The molecule has 0 spiro atoms. The zero-order valence-electron chi connectivity index (χ0n) is 14.0. The molecule has 4 nitrogen and oxygen atoms in total. The molecule has 0 bridgehead atoms. The van der Waals surface area contributed by atoms with E-state index in [2.05, 4.69) is 9.97 Å². The second-order valence-corrected chi connectivity index (χ2v) is 6.01. The Labute approximate surface area is 140 Å². The SMILES string of the molecule is CC(=O)c1ccc2ccc(CC(=O)c3cnc(C)c(C)c3)cc2n1. The summed E-state index contributed by atoms with van der Waals surface area (Å²) in [5, 5.41) is 0.948. The van der Waals surface area contributed by atoms with Gasteiger partial charge in [0.25, 0.3) is 0 Å². The van der Waals surface area contributed by atoms with E-state index in [0.29, 0.717) is 11.3 Å². The average molecular weight is 318 g/mol. The quantitative estimate of drug-likeness (QED) is 0.685. The molecule has 2 aromatic heterocycles. The molecule has 0 aliphatic carbocycles. The lowest BCUT2D eigenvalue weighted by atomic mass is 10.0. The molecule has 120 valence electrons. The summed E-state index contributed by atoms with van der Waals surface area (Å²) in [5.41, 5.74) is 4.59. The highest BCUT2D eigenvalue weighted by Gasteiger charge is 2.10. The third-order valence-corrected chi connectivity index (χ3v) is 4.14. The van der Waals surface area contributed by atoms with Gasteiger partial charge < -0.3 is 0 Å². The molecule has 0 aliphatic rings. The number of rotatable bonds is 4. The zero-order chi connectivity index (χ0) is 17.3. The number of aromatic nitrogens is 2. The molecule has 0 amide bonds. The number of hydrogen-bond donors (Lipinski definition) is 0. The molecule has 0 N–H and O–H groups in total. The van der Waals surface area contributed by atoms with E-state index in [9.17, 15) is 9.59 Å². The van der Waals surface area contributed by atoms with Crippen LogP contribution >= 0.6 is 0 Å². The van der Waals surface area contributed by atoms with Crippen molar-refractivity contribution in [3.63, 3.8) is 0 Å². The van der Waals surface area contributed by atoms with Crippen molar-refractivity contribution in [3.05, 3.63) is 70.7 Å². The number of fused-ring (bicyclic) bond motifs is 1. The van der Waals surface area contributed by atoms with Crippen molar-refractivity contribution < 1.29 is 9.59 Å². The second kappa shape index (κ2) is 6.32. The zero-order valence-corrected chi connectivity index (χ0v) is 14.0. The van der Waals surface area contributed by atoms with Crippen molar-refractivity contribution in [1.29, 1.82) is 0 Å². The van der Waals surface area contributed by atoms with Gasteiger partial charge in [-0.25, -0.2) is 4.98 Å². The van der Waals surface area contributed by atoms with Gasteiger partial charge in [0.2, 0.25) is 0 Å². The number of hydrogen-bond acceptors (Lipinski definition) is 4. The van der Waals surface area contributed by atoms with E-state index in [1.807, 2.05) is 44.2 Å². The maximum absolute atomic E-state index is 12.5. The first-order chi connectivity index (χ1) is 11.4. The largest absolute Gasteiger partial charge is 0.294 e. The van der Waals surface area contributed by atoms with Crippen LogP contribution in [0, 0.1) is 13.8 Å². The van der Waals surface area contributed by atoms with Crippen LogP contribution in [0.1, 0.15) is 44.6 Å². The minimum absolute atomic E-state index is 0.0210. The minimum atomic E-state index is -0.0698. The number of pyridine rings is 2. The third kappa shape index (κ3) is 3.23. The summed E-state index contributed by atoms with van der Waals surface area (Å²) in [5.74, 6) is -0.0488. The Morgan fingerprint density at radius 3 is 2.50 bits per heavy atom. The summed E-state index contributed by atoms with van der Waals surface area (Å²) in [6, 6.07) is 11.2. The van der Waals surface area contributed by atoms with Gasteiger partial charge in [-0.2, -0.15) is 0 Å². The molecule has 0 saturated heterocycles. The molecule has 0 atom stereocenters. The molecular formula is C20H18N2O2. The standard InChI is InChI=1S/C20H18N2O2/c1-12-8-17(11-21-13(12)2)20(24)10-15-4-5-16-6-7-18(14(3)23)22-19(16)9-15/h4-9,11H,10H2,1-3H3. The molecule has 2 heterocycles. The third-order valence-electron chi connectivity index (χ3n) is 4.14. The number of carbonyl (C=O) groups is 2. The first-order valence-corrected chi connectivity index (χ1v) is 7.81. The predicted molar refractivity (Wildman–Crippen MR) is 93.5 cm³/mol. The summed E-state index contributed by atoms with van der Waals surface area (Å²) >= 11 is 0. The average Bonchev–Trinajstić information content (AvgIpc) is 2.56. The molecule has 0 unspecified atom stereocenters. The number of ketones is 2. The molecule has 4 heteroatoms. The van der Waals surface area contributed by atoms with Crippen molar-refractivity contribution in [2.24, 2.45) is 0 Å². The number of aryl methyl sites for hydroxylation is 2. The van der Waals surface area contributed by atoms with Crippen LogP contribution in [0.4, 0.5) is 0 Å². The van der Waals surface area contributed by atoms with Gasteiger partial charge in [-0.3, -0.25) is 14.6 Å². The van der Waals surface area contributed by atoms with E-state index in [1.165, 1.54) is 6.92 Å². The molecule has 0 radical (unpaired) electrons. The summed E-state index contributed by atoms with van der Waals surface area (Å²) < 4.78 is 0. The van der Waals surface area contributed by atoms with Crippen molar-refractivity contribution >= 4 is 22.5 Å². The highest BCUT2D eigenvalue weighted by atomic mass is 16.1. The summed E-state index contributed by atoms with van der Waals surface area (Å²) in [6.07, 6.45) is 1.91. The number of benzene rings is 1. The first-order valence-electron chi connectivity index (χ1n) is 7.81. The molecule has 24 heavy (non-hydrogen) atoms. The van der Waals surface area contributed by atoms with Gasteiger partial charge in [0, 0.05) is 36.2 Å². The smallest absolute Gasteiger partial charge is 0.178 e. The minimum Gasteiger partial charge on any atom is -0.294 e. The molecule has 1 aromatic carbocycles. The van der Waals surface area contributed by atoms with E-state index < -0.39 is 0 Å². The van der Waals surface area contributed by atoms with E-state index in [1.54, 1.807) is 12.3 Å². The van der Waals surface area contributed by atoms with Crippen LogP contribution in [0.25, 0.3) is 10.9 Å². The first kappa shape index (κ1) is 16.0. The van der Waals surface area contributed by atoms with Gasteiger partial charge in [-0.1, -0.05) is 18.2 Å². The van der Waals surface area contributed by atoms with Gasteiger partial charge in [-0.15, -0.1) is 0 Å². The Morgan fingerprint density at radius 2 is 1.79 bits per heavy atom. The molecule has 3 aromatic rings. The van der Waals surface area contributed by atoms with Crippen LogP contribution in [0.15, 0.2) is 42.6 Å². The lowest BCUT2D eigenvalue weighted by Gasteiger charge is -2.06. The fourth-order valence-corrected chi connectivity index (χ4v) is 2.55. The van der Waals surface area contributed by atoms with Gasteiger partial charge in [0.05, 0.1) is 5.52 Å². The van der Waals surface area contributed by atoms with Crippen LogP contribution in [0.2, 0.25) is 0 Å². The molecule has 0 fully saturated rings. The molecular weight excluding hydrogens is 300 g/mol. The Morgan fingerprint density at radius 1 is 1.04 bits per heavy atom. The maximum Gasteiger partial charge on any atom is 0.178 e. The number of nitrogens with zero attached hydrogens (tertiary/aromatic N) is 2. The van der Waals surface area contributed by atoms with E-state index >= 15 is 0 Å². The molecule has 0 aliphatic heterocycles.